The summed E-state index contributed by atoms with van der Waals surface area (Å²) >= 11 is 7.65. The molecule has 9 nitrogen and oxygen atoms in total. The molecule has 0 atom stereocenters. The molecule has 0 radical (unpaired) electrons. The van der Waals surface area contributed by atoms with Crippen LogP contribution in [0.2, 0.25) is 5.02 Å². The second-order valence-corrected chi connectivity index (χ2v) is 13.2. The smallest absolute Gasteiger partial charge is 0.416 e. The van der Waals surface area contributed by atoms with Crippen LogP contribution in [-0.4, -0.2) is 45.3 Å². The van der Waals surface area contributed by atoms with Crippen molar-refractivity contribution in [3.63, 3.8) is 0 Å². The van der Waals surface area contributed by atoms with Crippen molar-refractivity contribution in [2.45, 2.75) is 52.3 Å². The molecule has 1 aliphatic heterocycles. The minimum atomic E-state index is -4.73. The number of thiophene rings is 1. The molecule has 1 saturated heterocycles. The first-order chi connectivity index (χ1) is 23.4. The summed E-state index contributed by atoms with van der Waals surface area (Å²) in [5.74, 6) is -0.559. The van der Waals surface area contributed by atoms with Gasteiger partial charge in [-0.25, -0.2) is 9.78 Å². The molecule has 2 N–H and O–H groups in total. The summed E-state index contributed by atoms with van der Waals surface area (Å²) in [6, 6.07) is 9.71. The SMILES string of the molecule is CCc1cc(-c2cc(Cl)ccc2OCCn2c(C)nc3cc(C(F)(F)F)c(CC4CCNCC4)c(C#N)c3c2=O)c2scc(C(=O)O)c2n1. The molecular formula is C35H31ClF3N5O4S. The van der Waals surface area contributed by atoms with Crippen LogP contribution in [0.4, 0.5) is 13.2 Å². The number of nitrogens with one attached hydrogen (secondary N) is 1. The number of nitrogens with zero attached hydrogens (tertiary/aromatic N) is 4. The van der Waals surface area contributed by atoms with Crippen molar-refractivity contribution in [3.8, 4) is 22.9 Å². The number of aromatic nitrogens is 3. The Morgan fingerprint density at radius 2 is 1.96 bits per heavy atom. The van der Waals surface area contributed by atoms with Crippen LogP contribution in [0.3, 0.4) is 0 Å². The molecule has 0 aliphatic carbocycles. The van der Waals surface area contributed by atoms with Gasteiger partial charge in [-0.05, 0) is 87.5 Å². The summed E-state index contributed by atoms with van der Waals surface area (Å²) in [5, 5.41) is 24.9. The molecule has 5 aromatic rings. The standard InChI is InChI=1S/C35H31ClF3N5O4S/c1-3-21-14-24(32-31(43-21)26(17-49-32)34(46)47)23-13-20(36)4-5-29(23)48-11-10-44-18(2)42-28-15-27(35(37,38)39)22(12-19-6-8-41-9-7-19)25(16-40)30(28)33(44)45/h4-5,13-15,17,19,41H,3,6-12H2,1-2H3,(H,46,47). The van der Waals surface area contributed by atoms with Crippen molar-refractivity contribution in [3.05, 3.63) is 84.9 Å². The fraction of sp³-hybridized carbons (Fsp3) is 0.343. The van der Waals surface area contributed by atoms with Gasteiger partial charge in [-0.15, -0.1) is 11.3 Å². The molecule has 254 valence electrons. The number of pyridine rings is 1. The third-order valence-electron chi connectivity index (χ3n) is 8.89. The highest BCUT2D eigenvalue weighted by molar-refractivity contribution is 7.18. The van der Waals surface area contributed by atoms with Crippen LogP contribution in [0.5, 0.6) is 5.75 Å². The van der Waals surface area contributed by atoms with Crippen molar-refractivity contribution in [1.82, 2.24) is 19.9 Å². The fourth-order valence-electron chi connectivity index (χ4n) is 6.44. The maximum atomic E-state index is 14.3. The Morgan fingerprint density at radius 3 is 2.63 bits per heavy atom. The minimum absolute atomic E-state index is 0.0146. The number of halogens is 4. The maximum absolute atomic E-state index is 14.3. The van der Waals surface area contributed by atoms with E-state index in [0.29, 0.717) is 70.2 Å². The maximum Gasteiger partial charge on any atom is 0.416 e. The van der Waals surface area contributed by atoms with Crippen LogP contribution >= 0.6 is 22.9 Å². The number of carboxylic acids is 1. The summed E-state index contributed by atoms with van der Waals surface area (Å²) in [6.45, 7) is 4.73. The Balaban J connectivity index is 1.37. The van der Waals surface area contributed by atoms with Gasteiger partial charge in [0.2, 0.25) is 0 Å². The average Bonchev–Trinajstić information content (AvgIpc) is 3.51. The van der Waals surface area contributed by atoms with Gasteiger partial charge in [0.15, 0.2) is 0 Å². The first-order valence-electron chi connectivity index (χ1n) is 15.7. The fourth-order valence-corrected chi connectivity index (χ4v) is 7.62. The van der Waals surface area contributed by atoms with E-state index in [1.54, 1.807) is 23.6 Å². The second-order valence-electron chi connectivity index (χ2n) is 11.9. The molecule has 0 saturated carbocycles. The lowest BCUT2D eigenvalue weighted by molar-refractivity contribution is -0.138. The van der Waals surface area contributed by atoms with E-state index in [1.165, 1.54) is 22.8 Å². The molecule has 4 heterocycles. The van der Waals surface area contributed by atoms with Crippen molar-refractivity contribution >= 4 is 50.0 Å². The Hall–Kier alpha value is -4.51. The molecule has 1 aliphatic rings. The number of alkyl halides is 3. The van der Waals surface area contributed by atoms with Gasteiger partial charge in [-0.2, -0.15) is 18.4 Å². The van der Waals surface area contributed by atoms with Crippen LogP contribution < -0.4 is 15.6 Å². The largest absolute Gasteiger partial charge is 0.491 e. The van der Waals surface area contributed by atoms with Crippen molar-refractivity contribution in [2.24, 2.45) is 5.92 Å². The summed E-state index contributed by atoms with van der Waals surface area (Å²) < 4.78 is 51.1. The van der Waals surface area contributed by atoms with Crippen LogP contribution in [0.1, 0.15) is 58.3 Å². The summed E-state index contributed by atoms with van der Waals surface area (Å²) in [6.07, 6.45) is -2.81. The number of hydrogen-bond acceptors (Lipinski definition) is 8. The normalized spacial score (nSPS) is 14.0. The zero-order valence-electron chi connectivity index (χ0n) is 26.6. The number of ether oxygens (including phenoxy) is 1. The molecule has 0 unspecified atom stereocenters. The molecule has 6 rings (SSSR count). The van der Waals surface area contributed by atoms with E-state index >= 15 is 0 Å². The Morgan fingerprint density at radius 1 is 1.20 bits per heavy atom. The molecule has 49 heavy (non-hydrogen) atoms. The number of fused-ring (bicyclic) bond motifs is 2. The van der Waals surface area contributed by atoms with Crippen LogP contribution in [0.15, 0.2) is 40.5 Å². The number of aryl methyl sites for hydroxylation is 2. The zero-order chi connectivity index (χ0) is 35.0. The lowest BCUT2D eigenvalue weighted by Crippen LogP contribution is -2.30. The van der Waals surface area contributed by atoms with Crippen LogP contribution in [0, 0.1) is 24.2 Å². The number of aromatic carboxylic acids is 1. The van der Waals surface area contributed by atoms with Gasteiger partial charge < -0.3 is 15.2 Å². The van der Waals surface area contributed by atoms with Gasteiger partial charge in [-0.3, -0.25) is 14.3 Å². The third-order valence-corrected chi connectivity index (χ3v) is 10.1. The van der Waals surface area contributed by atoms with Gasteiger partial charge in [0.25, 0.3) is 5.56 Å². The molecule has 3 aromatic heterocycles. The van der Waals surface area contributed by atoms with E-state index in [4.69, 9.17) is 16.3 Å². The second kappa shape index (κ2) is 13.8. The molecule has 14 heteroatoms. The molecule has 0 spiro atoms. The van der Waals surface area contributed by atoms with Crippen LogP contribution in [-0.2, 0) is 25.6 Å². The van der Waals surface area contributed by atoms with E-state index in [-0.39, 0.29) is 58.9 Å². The summed E-state index contributed by atoms with van der Waals surface area (Å²) in [5.41, 5.74) is 0.240. The molecule has 2 aromatic carbocycles. The lowest BCUT2D eigenvalue weighted by atomic mass is 9.85. The van der Waals surface area contributed by atoms with Gasteiger partial charge in [0.1, 0.15) is 24.3 Å². The van der Waals surface area contributed by atoms with Crippen molar-refractivity contribution in [2.75, 3.05) is 19.7 Å². The average molecular weight is 710 g/mol. The first-order valence-corrected chi connectivity index (χ1v) is 17.0. The quantitative estimate of drug-likeness (QED) is 0.162. The van der Waals surface area contributed by atoms with Crippen LogP contribution in [0.25, 0.3) is 32.2 Å². The number of nitriles is 1. The van der Waals surface area contributed by atoms with E-state index in [2.05, 4.69) is 15.3 Å². The highest BCUT2D eigenvalue weighted by atomic mass is 35.5. The highest BCUT2D eigenvalue weighted by Gasteiger charge is 2.37. The number of piperidine rings is 1. The number of carbonyl (C=O) groups is 1. The van der Waals surface area contributed by atoms with Gasteiger partial charge in [0.05, 0.1) is 44.4 Å². The Kier molecular flexibility index (Phi) is 9.66. The minimum Gasteiger partial charge on any atom is -0.491 e. The highest BCUT2D eigenvalue weighted by Crippen LogP contribution is 2.41. The Labute approximate surface area is 287 Å². The predicted octanol–water partition coefficient (Wildman–Crippen LogP) is 7.41. The van der Waals surface area contributed by atoms with E-state index in [1.807, 2.05) is 19.1 Å². The molecular weight excluding hydrogens is 679 g/mol. The summed E-state index contributed by atoms with van der Waals surface area (Å²) in [7, 11) is 0. The molecule has 0 bridgehead atoms. The van der Waals surface area contributed by atoms with E-state index in [9.17, 15) is 33.1 Å². The number of rotatable bonds is 9. The molecule has 1 fully saturated rings. The number of hydrogen-bond donors (Lipinski definition) is 2. The van der Waals surface area contributed by atoms with Gasteiger partial charge in [-0.1, -0.05) is 18.5 Å². The van der Waals surface area contributed by atoms with E-state index in [0.717, 1.165) is 6.07 Å². The first kappa shape index (κ1) is 34.4. The predicted molar refractivity (Wildman–Crippen MR) is 182 cm³/mol. The van der Waals surface area contributed by atoms with E-state index < -0.39 is 23.3 Å². The number of benzene rings is 2. The van der Waals surface area contributed by atoms with Crippen molar-refractivity contribution < 1.29 is 27.8 Å². The zero-order valence-corrected chi connectivity index (χ0v) is 28.2. The molecule has 0 amide bonds. The summed E-state index contributed by atoms with van der Waals surface area (Å²) in [4.78, 5) is 34.7. The topological polar surface area (TPSA) is 130 Å². The van der Waals surface area contributed by atoms with Gasteiger partial charge >= 0.3 is 12.1 Å². The number of carboxylic acid groups (broad SMARTS) is 1. The Bertz CT molecular complexity index is 2200. The third kappa shape index (κ3) is 6.73. The van der Waals surface area contributed by atoms with Gasteiger partial charge in [0, 0.05) is 27.2 Å². The monoisotopic (exact) mass is 709 g/mol. The lowest BCUT2D eigenvalue weighted by Gasteiger charge is -2.25. The van der Waals surface area contributed by atoms with Crippen molar-refractivity contribution in [1.29, 1.82) is 5.26 Å².